The SMILES string of the molecule is CC.C[C@H](N)C(=O)Oc1ccc(OC(=O)[C@H](C)N)cc1. The second-order valence-electron chi connectivity index (χ2n) is 3.89. The van der Waals surface area contributed by atoms with Gasteiger partial charge in [-0.1, -0.05) is 13.8 Å². The molecule has 6 nitrogen and oxygen atoms in total. The summed E-state index contributed by atoms with van der Waals surface area (Å²) in [6.45, 7) is 7.06. The minimum Gasteiger partial charge on any atom is -0.425 e. The van der Waals surface area contributed by atoms with E-state index in [0.29, 0.717) is 11.5 Å². The van der Waals surface area contributed by atoms with Gasteiger partial charge in [0.25, 0.3) is 0 Å². The lowest BCUT2D eigenvalue weighted by Crippen LogP contribution is -2.31. The maximum Gasteiger partial charge on any atom is 0.328 e. The molecule has 0 saturated carbocycles. The van der Waals surface area contributed by atoms with E-state index in [4.69, 9.17) is 20.9 Å². The number of esters is 2. The van der Waals surface area contributed by atoms with Gasteiger partial charge in [0.2, 0.25) is 0 Å². The third-order valence-electron chi connectivity index (χ3n) is 2.00. The first-order valence-electron chi connectivity index (χ1n) is 6.44. The first-order chi connectivity index (χ1) is 9.40. The molecule has 2 atom stereocenters. The van der Waals surface area contributed by atoms with Gasteiger partial charge < -0.3 is 20.9 Å². The summed E-state index contributed by atoms with van der Waals surface area (Å²) in [5, 5.41) is 0. The highest BCUT2D eigenvalue weighted by molar-refractivity contribution is 5.78. The lowest BCUT2D eigenvalue weighted by molar-refractivity contribution is -0.136. The van der Waals surface area contributed by atoms with Crippen molar-refractivity contribution >= 4 is 11.9 Å². The lowest BCUT2D eigenvalue weighted by atomic mass is 10.3. The standard InChI is InChI=1S/C12H16N2O4.C2H6/c1-7(13)11(15)17-9-3-5-10(6-4-9)18-12(16)8(2)14;1-2/h3-8H,13-14H2,1-2H3;1-2H3/t7-,8-;/m0./s1. The monoisotopic (exact) mass is 282 g/mol. The molecule has 1 rings (SSSR count). The maximum atomic E-state index is 11.2. The van der Waals surface area contributed by atoms with E-state index in [1.807, 2.05) is 13.8 Å². The van der Waals surface area contributed by atoms with Crippen molar-refractivity contribution in [3.63, 3.8) is 0 Å². The minimum absolute atomic E-state index is 0.331. The predicted molar refractivity (Wildman–Crippen MR) is 76.4 cm³/mol. The second kappa shape index (κ2) is 9.06. The normalized spacial score (nSPS) is 12.5. The maximum absolute atomic E-state index is 11.2. The molecule has 1 aromatic carbocycles. The van der Waals surface area contributed by atoms with Gasteiger partial charge in [-0.3, -0.25) is 0 Å². The minimum atomic E-state index is -0.694. The summed E-state index contributed by atoms with van der Waals surface area (Å²) < 4.78 is 9.91. The Hall–Kier alpha value is -1.92. The number of ether oxygens (including phenoxy) is 2. The molecule has 6 heteroatoms. The average molecular weight is 282 g/mol. The van der Waals surface area contributed by atoms with E-state index >= 15 is 0 Å². The summed E-state index contributed by atoms with van der Waals surface area (Å²) in [5.41, 5.74) is 10.7. The molecule has 0 bridgehead atoms. The Morgan fingerprint density at radius 3 is 1.30 bits per heavy atom. The van der Waals surface area contributed by atoms with E-state index in [1.165, 1.54) is 38.1 Å². The van der Waals surface area contributed by atoms with Crippen LogP contribution in [0, 0.1) is 0 Å². The van der Waals surface area contributed by atoms with Crippen LogP contribution in [0.3, 0.4) is 0 Å². The van der Waals surface area contributed by atoms with Gasteiger partial charge in [-0.2, -0.15) is 0 Å². The fourth-order valence-corrected chi connectivity index (χ4v) is 0.994. The number of rotatable bonds is 4. The molecule has 4 N–H and O–H groups in total. The number of carbonyl (C=O) groups is 2. The van der Waals surface area contributed by atoms with Crippen molar-refractivity contribution in [1.29, 1.82) is 0 Å². The van der Waals surface area contributed by atoms with Crippen molar-refractivity contribution in [2.24, 2.45) is 11.5 Å². The van der Waals surface area contributed by atoms with E-state index in [2.05, 4.69) is 0 Å². The molecule has 0 amide bonds. The van der Waals surface area contributed by atoms with Crippen LogP contribution in [0.4, 0.5) is 0 Å². The Balaban J connectivity index is 0.00000172. The van der Waals surface area contributed by atoms with Crippen LogP contribution >= 0.6 is 0 Å². The highest BCUT2D eigenvalue weighted by Crippen LogP contribution is 2.18. The van der Waals surface area contributed by atoms with E-state index < -0.39 is 24.0 Å². The van der Waals surface area contributed by atoms with Crippen LogP contribution in [0.5, 0.6) is 11.5 Å². The Morgan fingerprint density at radius 2 is 1.10 bits per heavy atom. The van der Waals surface area contributed by atoms with Crippen LogP contribution in [0.25, 0.3) is 0 Å². The van der Waals surface area contributed by atoms with E-state index in [-0.39, 0.29) is 0 Å². The van der Waals surface area contributed by atoms with Crippen molar-refractivity contribution in [3.8, 4) is 11.5 Å². The quantitative estimate of drug-likeness (QED) is 0.635. The zero-order valence-corrected chi connectivity index (χ0v) is 12.3. The van der Waals surface area contributed by atoms with Crippen LogP contribution < -0.4 is 20.9 Å². The zero-order chi connectivity index (χ0) is 15.7. The summed E-state index contributed by atoms with van der Waals surface area (Å²) in [7, 11) is 0. The summed E-state index contributed by atoms with van der Waals surface area (Å²) >= 11 is 0. The molecule has 20 heavy (non-hydrogen) atoms. The molecular weight excluding hydrogens is 260 g/mol. The number of hydrogen-bond acceptors (Lipinski definition) is 6. The molecule has 0 fully saturated rings. The third kappa shape index (κ3) is 6.31. The lowest BCUT2D eigenvalue weighted by Gasteiger charge is -2.09. The van der Waals surface area contributed by atoms with Crippen LogP contribution in [-0.4, -0.2) is 24.0 Å². The first-order valence-corrected chi connectivity index (χ1v) is 6.44. The molecule has 0 aliphatic heterocycles. The molecule has 0 spiro atoms. The van der Waals surface area contributed by atoms with Gasteiger partial charge >= 0.3 is 11.9 Å². The Labute approximate surface area is 119 Å². The summed E-state index contributed by atoms with van der Waals surface area (Å²) in [6.07, 6.45) is 0. The largest absolute Gasteiger partial charge is 0.425 e. The third-order valence-corrected chi connectivity index (χ3v) is 2.00. The van der Waals surface area contributed by atoms with Crippen molar-refractivity contribution in [2.75, 3.05) is 0 Å². The number of nitrogens with two attached hydrogens (primary N) is 2. The van der Waals surface area contributed by atoms with Gasteiger partial charge in [-0.25, -0.2) is 9.59 Å². The number of carbonyl (C=O) groups excluding carboxylic acids is 2. The molecule has 1 aromatic rings. The van der Waals surface area contributed by atoms with Crippen LogP contribution in [0.1, 0.15) is 27.7 Å². The van der Waals surface area contributed by atoms with E-state index in [0.717, 1.165) is 0 Å². The van der Waals surface area contributed by atoms with Crippen molar-refractivity contribution in [1.82, 2.24) is 0 Å². The Morgan fingerprint density at radius 1 is 0.850 bits per heavy atom. The fourth-order valence-electron chi connectivity index (χ4n) is 0.994. The highest BCUT2D eigenvalue weighted by atomic mass is 16.5. The molecule has 0 unspecified atom stereocenters. The summed E-state index contributed by atoms with van der Waals surface area (Å²) in [5.74, 6) is -0.401. The molecule has 0 radical (unpaired) electrons. The second-order valence-corrected chi connectivity index (χ2v) is 3.89. The van der Waals surface area contributed by atoms with Crippen LogP contribution in [0.2, 0.25) is 0 Å². The van der Waals surface area contributed by atoms with Crippen molar-refractivity contribution < 1.29 is 19.1 Å². The van der Waals surface area contributed by atoms with E-state index in [9.17, 15) is 9.59 Å². The van der Waals surface area contributed by atoms with Crippen molar-refractivity contribution in [2.45, 2.75) is 39.8 Å². The Kier molecular flexibility index (Phi) is 8.19. The molecule has 0 saturated heterocycles. The first kappa shape index (κ1) is 18.1. The molecule has 0 heterocycles. The molecule has 0 aromatic heterocycles. The van der Waals surface area contributed by atoms with Crippen molar-refractivity contribution in [3.05, 3.63) is 24.3 Å². The predicted octanol–water partition coefficient (Wildman–Crippen LogP) is 1.22. The smallest absolute Gasteiger partial charge is 0.328 e. The number of hydrogen-bond donors (Lipinski definition) is 2. The van der Waals surface area contributed by atoms with Gasteiger partial charge in [0, 0.05) is 0 Å². The van der Waals surface area contributed by atoms with E-state index in [1.54, 1.807) is 0 Å². The van der Waals surface area contributed by atoms with Gasteiger partial charge in [0.1, 0.15) is 23.6 Å². The van der Waals surface area contributed by atoms with Gasteiger partial charge in [-0.05, 0) is 38.1 Å². The van der Waals surface area contributed by atoms with Crippen LogP contribution in [0.15, 0.2) is 24.3 Å². The highest BCUT2D eigenvalue weighted by Gasteiger charge is 2.12. The molecule has 0 aliphatic rings. The molecule has 112 valence electrons. The van der Waals surface area contributed by atoms with Gasteiger partial charge in [0.05, 0.1) is 0 Å². The Bertz CT molecular complexity index is 386. The zero-order valence-electron chi connectivity index (χ0n) is 12.3. The topological polar surface area (TPSA) is 105 Å². The fraction of sp³-hybridized carbons (Fsp3) is 0.429. The molecular formula is C14H22N2O4. The van der Waals surface area contributed by atoms with Crippen LogP contribution in [-0.2, 0) is 9.59 Å². The van der Waals surface area contributed by atoms with Gasteiger partial charge in [-0.15, -0.1) is 0 Å². The summed E-state index contributed by atoms with van der Waals surface area (Å²) in [6, 6.07) is 4.63. The number of benzene rings is 1. The average Bonchev–Trinajstić information content (AvgIpc) is 2.42. The molecule has 0 aliphatic carbocycles. The van der Waals surface area contributed by atoms with Gasteiger partial charge in [0.15, 0.2) is 0 Å². The summed E-state index contributed by atoms with van der Waals surface area (Å²) in [4.78, 5) is 22.4.